The highest BCUT2D eigenvalue weighted by Crippen LogP contribution is 2.56. The summed E-state index contributed by atoms with van der Waals surface area (Å²) in [6, 6.07) is 1.18. The van der Waals surface area contributed by atoms with Crippen molar-refractivity contribution < 1.29 is 27.4 Å². The molecule has 2 unspecified atom stereocenters. The predicted molar refractivity (Wildman–Crippen MR) is 176 cm³/mol. The Bertz CT molecular complexity index is 1970. The molecule has 3 saturated heterocycles. The minimum Gasteiger partial charge on any atom is -0.461 e. The Balaban J connectivity index is 1.20. The van der Waals surface area contributed by atoms with E-state index in [1.54, 1.807) is 17.3 Å². The monoisotopic (exact) mass is 696 g/mol. The van der Waals surface area contributed by atoms with Gasteiger partial charge >= 0.3 is 12.1 Å². The molecular weight excluding hydrogens is 661 g/mol. The van der Waals surface area contributed by atoms with E-state index in [1.807, 2.05) is 6.07 Å². The highest BCUT2D eigenvalue weighted by molar-refractivity contribution is 6.33. The van der Waals surface area contributed by atoms with E-state index >= 15 is 4.39 Å². The Morgan fingerprint density at radius 3 is 2.94 bits per heavy atom. The number of alkyl halides is 2. The van der Waals surface area contributed by atoms with Crippen molar-refractivity contribution in [3.63, 3.8) is 0 Å². The standard InChI is InChI=1S/C34H36ClF3N8O3/c35-23-8-24-21(12-40-44-24)27-26(23)20-7-17(20)3-1-6-48-33(47)41-25-15-45(13-18(25)10-36)31-22-11-39-30(27)28(38)29(22)42-32(43-31)49-16-34-4-2-5-46(34)14-19(37)9-34/h8,11-12,17-20,25H,1-7,9-10,13-16H2,(H,40,44)(H,41,47)/t17?,18-,19-,20?,25+,34+/m1/s1. The van der Waals surface area contributed by atoms with Crippen LogP contribution in [-0.2, 0) is 4.74 Å². The minimum absolute atomic E-state index is 0.00998. The summed E-state index contributed by atoms with van der Waals surface area (Å²) in [6.45, 7) is 1.25. The largest absolute Gasteiger partial charge is 0.461 e. The first kappa shape index (κ1) is 31.1. The number of halogens is 4. The van der Waals surface area contributed by atoms with Gasteiger partial charge in [0.2, 0.25) is 0 Å². The summed E-state index contributed by atoms with van der Waals surface area (Å²) in [5.41, 5.74) is 1.61. The van der Waals surface area contributed by atoms with Gasteiger partial charge in [0.05, 0.1) is 42.0 Å². The second kappa shape index (κ2) is 11.9. The molecule has 4 fully saturated rings. The molecule has 15 heteroatoms. The van der Waals surface area contributed by atoms with Crippen molar-refractivity contribution in [3.8, 4) is 17.3 Å². The first-order chi connectivity index (χ1) is 23.8. The van der Waals surface area contributed by atoms with Crippen molar-refractivity contribution in [1.82, 2.24) is 35.4 Å². The molecule has 5 aliphatic heterocycles. The molecule has 1 aromatic carbocycles. The number of nitrogens with zero attached hydrogens (tertiary/aromatic N) is 6. The third-order valence-corrected chi connectivity index (χ3v) is 11.6. The summed E-state index contributed by atoms with van der Waals surface area (Å²) in [4.78, 5) is 30.8. The van der Waals surface area contributed by atoms with Crippen LogP contribution in [0.2, 0.25) is 5.02 Å². The Labute approximate surface area is 284 Å². The lowest BCUT2D eigenvalue weighted by Crippen LogP contribution is -2.43. The van der Waals surface area contributed by atoms with Crippen LogP contribution < -0.4 is 15.0 Å². The highest BCUT2D eigenvalue weighted by Gasteiger charge is 2.49. The lowest BCUT2D eigenvalue weighted by molar-refractivity contribution is 0.107. The first-order valence-corrected chi connectivity index (χ1v) is 17.5. The maximum absolute atomic E-state index is 17.2. The van der Waals surface area contributed by atoms with Crippen molar-refractivity contribution in [3.05, 3.63) is 34.9 Å². The molecule has 6 bridgehead atoms. The number of aromatic nitrogens is 5. The summed E-state index contributed by atoms with van der Waals surface area (Å²) >= 11 is 6.93. The average Bonchev–Trinajstić information content (AvgIpc) is 3.41. The number of alkyl carbamates (subject to hydrolysis) is 1. The number of ether oxygens (including phenoxy) is 2. The summed E-state index contributed by atoms with van der Waals surface area (Å²) in [5, 5.41) is 11.5. The fourth-order valence-electron chi connectivity index (χ4n) is 8.83. The molecule has 3 aromatic heterocycles. The highest BCUT2D eigenvalue weighted by atomic mass is 35.5. The summed E-state index contributed by atoms with van der Waals surface area (Å²) in [7, 11) is 0. The van der Waals surface area contributed by atoms with Crippen LogP contribution in [0.1, 0.15) is 50.0 Å². The van der Waals surface area contributed by atoms with E-state index in [2.05, 4.69) is 25.4 Å². The quantitative estimate of drug-likeness (QED) is 0.276. The van der Waals surface area contributed by atoms with Crippen molar-refractivity contribution in [2.75, 3.05) is 51.0 Å². The summed E-state index contributed by atoms with van der Waals surface area (Å²) < 4.78 is 57.9. The number of benzene rings is 1. The summed E-state index contributed by atoms with van der Waals surface area (Å²) in [5.74, 6) is -0.592. The maximum Gasteiger partial charge on any atom is 0.407 e. The molecule has 2 N–H and O–H groups in total. The third-order valence-electron chi connectivity index (χ3n) is 11.3. The van der Waals surface area contributed by atoms with Gasteiger partial charge in [-0.2, -0.15) is 15.1 Å². The second-order valence-corrected chi connectivity index (χ2v) is 14.7. The molecular formula is C34H36ClF3N8O3. The van der Waals surface area contributed by atoms with Gasteiger partial charge in [0.1, 0.15) is 29.8 Å². The van der Waals surface area contributed by atoms with Crippen LogP contribution in [0.5, 0.6) is 6.01 Å². The van der Waals surface area contributed by atoms with Crippen molar-refractivity contribution in [2.45, 2.75) is 62.2 Å². The number of hydrogen-bond donors (Lipinski definition) is 2. The van der Waals surface area contributed by atoms with Gasteiger partial charge < -0.3 is 19.7 Å². The summed E-state index contributed by atoms with van der Waals surface area (Å²) in [6.07, 6.45) is 5.98. The topological polar surface area (TPSA) is 121 Å². The molecule has 6 atom stereocenters. The fraction of sp³-hybridized carbons (Fsp3) is 0.559. The molecule has 10 rings (SSSR count). The number of nitrogens with one attached hydrogen (secondary N) is 2. The minimum atomic E-state index is -0.945. The van der Waals surface area contributed by atoms with Crippen molar-refractivity contribution >= 4 is 45.3 Å². The van der Waals surface area contributed by atoms with Gasteiger partial charge in [-0.3, -0.25) is 19.4 Å². The Morgan fingerprint density at radius 1 is 1.16 bits per heavy atom. The Morgan fingerprint density at radius 2 is 2.06 bits per heavy atom. The van der Waals surface area contributed by atoms with Gasteiger partial charge in [0.25, 0.3) is 0 Å². The maximum atomic E-state index is 17.2. The van der Waals surface area contributed by atoms with Crippen LogP contribution in [0.25, 0.3) is 33.1 Å². The lowest BCUT2D eigenvalue weighted by Gasteiger charge is -2.31. The molecule has 1 saturated carbocycles. The molecule has 11 nitrogen and oxygen atoms in total. The third kappa shape index (κ3) is 5.24. The van der Waals surface area contributed by atoms with Gasteiger partial charge in [0.15, 0.2) is 5.82 Å². The Kier molecular flexibility index (Phi) is 7.53. The smallest absolute Gasteiger partial charge is 0.407 e. The van der Waals surface area contributed by atoms with E-state index in [9.17, 15) is 13.6 Å². The van der Waals surface area contributed by atoms with E-state index in [0.717, 1.165) is 37.8 Å². The van der Waals surface area contributed by atoms with Crippen LogP contribution in [0.3, 0.4) is 0 Å². The number of H-pyrrole nitrogens is 1. The molecule has 8 heterocycles. The van der Waals surface area contributed by atoms with Crippen molar-refractivity contribution in [2.24, 2.45) is 11.8 Å². The predicted octanol–water partition coefficient (Wildman–Crippen LogP) is 5.71. The fourth-order valence-corrected chi connectivity index (χ4v) is 9.17. The van der Waals surface area contributed by atoms with Crippen LogP contribution in [-0.4, -0.2) is 100.0 Å². The number of hydrogen-bond acceptors (Lipinski definition) is 9. The number of pyridine rings is 1. The normalized spacial score (nSPS) is 29.8. The zero-order valence-electron chi connectivity index (χ0n) is 26.7. The molecule has 4 aromatic rings. The van der Waals surface area contributed by atoms with E-state index in [-0.39, 0.29) is 55.4 Å². The van der Waals surface area contributed by atoms with E-state index in [1.165, 1.54) is 0 Å². The van der Waals surface area contributed by atoms with Crippen LogP contribution >= 0.6 is 11.6 Å². The molecule has 1 amide bonds. The van der Waals surface area contributed by atoms with E-state index < -0.39 is 42.3 Å². The number of rotatable bonds is 4. The van der Waals surface area contributed by atoms with Gasteiger partial charge in [-0.05, 0) is 62.1 Å². The van der Waals surface area contributed by atoms with Gasteiger partial charge in [-0.1, -0.05) is 11.6 Å². The second-order valence-electron chi connectivity index (χ2n) is 14.3. The Hall–Kier alpha value is -3.91. The number of carbonyl (C=O) groups excluding carboxylic acids is 1. The van der Waals surface area contributed by atoms with Gasteiger partial charge in [-0.25, -0.2) is 13.6 Å². The zero-order valence-corrected chi connectivity index (χ0v) is 27.5. The molecule has 0 radical (unpaired) electrons. The number of carbonyl (C=O) groups is 1. The molecule has 258 valence electrons. The van der Waals surface area contributed by atoms with Crippen LogP contribution in [0.4, 0.5) is 23.8 Å². The molecule has 6 aliphatic rings. The van der Waals surface area contributed by atoms with Crippen LogP contribution in [0, 0.1) is 17.7 Å². The number of aromatic amines is 1. The molecule has 0 spiro atoms. The SMILES string of the molecule is O=C1N[C@H]2CN(C[C@H]2CF)c2nc(OC[C@@]34CCCN3C[C@H](F)C4)nc3c(F)c(ncc23)-c2c(c(Cl)cc3[nH]ncc23)C2CC2CCCO1. The first-order valence-electron chi connectivity index (χ1n) is 17.1. The van der Waals surface area contributed by atoms with Crippen molar-refractivity contribution in [1.29, 1.82) is 0 Å². The molecule has 1 aliphatic carbocycles. The molecule has 49 heavy (non-hydrogen) atoms. The van der Waals surface area contributed by atoms with Gasteiger partial charge in [0, 0.05) is 54.1 Å². The van der Waals surface area contributed by atoms with Crippen LogP contribution in [0.15, 0.2) is 18.5 Å². The van der Waals surface area contributed by atoms with E-state index in [0.29, 0.717) is 52.1 Å². The van der Waals surface area contributed by atoms with Gasteiger partial charge in [-0.15, -0.1) is 0 Å². The average molecular weight is 697 g/mol. The van der Waals surface area contributed by atoms with E-state index in [4.69, 9.17) is 31.0 Å². The number of anilines is 1. The number of fused-ring (bicyclic) bond motifs is 8. The number of amides is 1. The lowest BCUT2D eigenvalue weighted by atomic mass is 9.94. The zero-order chi connectivity index (χ0) is 33.4.